The zero-order valence-electron chi connectivity index (χ0n) is 9.98. The molecule has 0 saturated heterocycles. The number of hydrogen-bond acceptors (Lipinski definition) is 6. The van der Waals surface area contributed by atoms with Crippen molar-refractivity contribution in [2.24, 2.45) is 0 Å². The van der Waals surface area contributed by atoms with Gasteiger partial charge in [-0.1, -0.05) is 6.07 Å². The van der Waals surface area contributed by atoms with Gasteiger partial charge in [-0.05, 0) is 6.07 Å². The average molecular weight is 270 g/mol. The Bertz CT molecular complexity index is 451. The van der Waals surface area contributed by atoms with Crippen molar-refractivity contribution in [2.45, 2.75) is 6.10 Å². The van der Waals surface area contributed by atoms with Gasteiger partial charge >= 0.3 is 0 Å². The molecule has 1 amide bonds. The third kappa shape index (κ3) is 5.32. The summed E-state index contributed by atoms with van der Waals surface area (Å²) < 4.78 is 5.06. The Morgan fingerprint density at radius 3 is 2.89 bits per heavy atom. The summed E-state index contributed by atoms with van der Waals surface area (Å²) in [6.45, 7) is -0.876. The second-order valence-electron chi connectivity index (χ2n) is 3.68. The summed E-state index contributed by atoms with van der Waals surface area (Å²) in [5.74, 6) is -0.300. The lowest BCUT2D eigenvalue weighted by Crippen LogP contribution is -2.36. The molecule has 0 saturated carbocycles. The van der Waals surface area contributed by atoms with Crippen LogP contribution in [0.2, 0.25) is 0 Å². The second kappa shape index (κ2) is 7.29. The number of ether oxygens (including phenoxy) is 1. The number of non-ortho nitro benzene ring substituents is 1. The van der Waals surface area contributed by atoms with E-state index >= 15 is 0 Å². The number of nitrogens with one attached hydrogen (secondary N) is 1. The van der Waals surface area contributed by atoms with E-state index in [1.165, 1.54) is 24.3 Å². The summed E-state index contributed by atoms with van der Waals surface area (Å²) in [5, 5.41) is 30.4. The molecule has 0 heterocycles. The molecule has 1 unspecified atom stereocenters. The van der Waals surface area contributed by atoms with Gasteiger partial charge in [0.25, 0.3) is 11.6 Å². The molecule has 1 rings (SSSR count). The molecular formula is C11H14N2O6. The van der Waals surface area contributed by atoms with Crippen LogP contribution in [0.25, 0.3) is 0 Å². The minimum Gasteiger partial charge on any atom is -0.484 e. The van der Waals surface area contributed by atoms with Gasteiger partial charge in [-0.2, -0.15) is 0 Å². The number of carbonyl (C=O) groups excluding carboxylic acids is 1. The van der Waals surface area contributed by atoms with Crippen molar-refractivity contribution in [1.29, 1.82) is 0 Å². The number of benzene rings is 1. The SMILES string of the molecule is O=C(COc1cccc([N+](=O)[O-])c1)NCC(O)CO. The van der Waals surface area contributed by atoms with Crippen LogP contribution in [-0.2, 0) is 4.79 Å². The van der Waals surface area contributed by atoms with Crippen LogP contribution in [0.5, 0.6) is 5.75 Å². The monoisotopic (exact) mass is 270 g/mol. The van der Waals surface area contributed by atoms with Crippen LogP contribution >= 0.6 is 0 Å². The second-order valence-corrected chi connectivity index (χ2v) is 3.68. The molecule has 0 aliphatic rings. The van der Waals surface area contributed by atoms with Gasteiger partial charge in [0, 0.05) is 12.6 Å². The summed E-state index contributed by atoms with van der Waals surface area (Å²) in [5.41, 5.74) is -0.131. The van der Waals surface area contributed by atoms with Crippen LogP contribution in [0.4, 0.5) is 5.69 Å². The highest BCUT2D eigenvalue weighted by Gasteiger charge is 2.09. The molecule has 0 spiro atoms. The number of rotatable bonds is 7. The minimum absolute atomic E-state index is 0.0897. The topological polar surface area (TPSA) is 122 Å². The zero-order valence-corrected chi connectivity index (χ0v) is 9.98. The van der Waals surface area contributed by atoms with Gasteiger partial charge in [-0.25, -0.2) is 0 Å². The fourth-order valence-electron chi connectivity index (χ4n) is 1.18. The van der Waals surface area contributed by atoms with E-state index < -0.39 is 23.5 Å². The Hall–Kier alpha value is -2.19. The largest absolute Gasteiger partial charge is 0.484 e. The molecule has 19 heavy (non-hydrogen) atoms. The van der Waals surface area contributed by atoms with Gasteiger partial charge in [-0.3, -0.25) is 14.9 Å². The lowest BCUT2D eigenvalue weighted by atomic mass is 10.3. The molecule has 0 fully saturated rings. The lowest BCUT2D eigenvalue weighted by molar-refractivity contribution is -0.384. The van der Waals surface area contributed by atoms with E-state index in [1.807, 2.05) is 0 Å². The van der Waals surface area contributed by atoms with Crippen LogP contribution in [-0.4, -0.2) is 46.9 Å². The third-order valence-electron chi connectivity index (χ3n) is 2.14. The fourth-order valence-corrected chi connectivity index (χ4v) is 1.18. The van der Waals surface area contributed by atoms with Gasteiger partial charge in [-0.15, -0.1) is 0 Å². The van der Waals surface area contributed by atoms with Gasteiger partial charge in [0.1, 0.15) is 5.75 Å². The molecule has 0 aromatic heterocycles. The zero-order chi connectivity index (χ0) is 14.3. The maximum atomic E-state index is 11.3. The number of aliphatic hydroxyl groups is 2. The Morgan fingerprint density at radius 2 is 2.26 bits per heavy atom. The summed E-state index contributed by atoms with van der Waals surface area (Å²) in [7, 11) is 0. The Labute approximate surface area is 108 Å². The summed E-state index contributed by atoms with van der Waals surface area (Å²) in [6.07, 6.45) is -1.03. The van der Waals surface area contributed by atoms with Gasteiger partial charge in [0.05, 0.1) is 23.7 Å². The smallest absolute Gasteiger partial charge is 0.273 e. The molecule has 0 radical (unpaired) electrons. The molecule has 8 heteroatoms. The number of nitrogens with zero attached hydrogens (tertiary/aromatic N) is 1. The molecule has 8 nitrogen and oxygen atoms in total. The Balaban J connectivity index is 2.42. The van der Waals surface area contributed by atoms with Gasteiger partial charge < -0.3 is 20.3 Å². The summed E-state index contributed by atoms with van der Waals surface area (Å²) in [6, 6.07) is 5.45. The quantitative estimate of drug-likeness (QED) is 0.451. The number of hydrogen-bond donors (Lipinski definition) is 3. The number of carbonyl (C=O) groups is 1. The van der Waals surface area contributed by atoms with Crippen LogP contribution < -0.4 is 10.1 Å². The molecular weight excluding hydrogens is 256 g/mol. The molecule has 1 aromatic carbocycles. The van der Waals surface area contributed by atoms with Crippen molar-refractivity contribution < 1.29 is 24.7 Å². The Kier molecular flexibility index (Phi) is 5.71. The van der Waals surface area contributed by atoms with Crippen LogP contribution in [0.15, 0.2) is 24.3 Å². The van der Waals surface area contributed by atoms with Crippen molar-refractivity contribution in [2.75, 3.05) is 19.8 Å². The van der Waals surface area contributed by atoms with Crippen molar-refractivity contribution in [3.63, 3.8) is 0 Å². The standard InChI is InChI=1S/C11H14N2O6/c14-6-9(15)5-12-11(16)7-19-10-3-1-2-8(4-10)13(17)18/h1-4,9,14-15H,5-7H2,(H,12,16). The summed E-state index contributed by atoms with van der Waals surface area (Å²) >= 11 is 0. The molecule has 1 aromatic rings. The van der Waals surface area contributed by atoms with Crippen LogP contribution in [0.3, 0.4) is 0 Å². The van der Waals surface area contributed by atoms with Gasteiger partial charge in [0.15, 0.2) is 6.61 Å². The lowest BCUT2D eigenvalue weighted by Gasteiger charge is -2.09. The highest BCUT2D eigenvalue weighted by atomic mass is 16.6. The first kappa shape index (κ1) is 14.9. The van der Waals surface area contributed by atoms with Crippen molar-refractivity contribution in [3.8, 4) is 5.75 Å². The van der Waals surface area contributed by atoms with E-state index in [9.17, 15) is 14.9 Å². The highest BCUT2D eigenvalue weighted by Crippen LogP contribution is 2.18. The van der Waals surface area contributed by atoms with E-state index in [-0.39, 0.29) is 24.6 Å². The van der Waals surface area contributed by atoms with E-state index in [2.05, 4.69) is 5.32 Å². The maximum Gasteiger partial charge on any atom is 0.273 e. The van der Waals surface area contributed by atoms with Crippen LogP contribution in [0, 0.1) is 10.1 Å². The van der Waals surface area contributed by atoms with Gasteiger partial charge in [0.2, 0.25) is 0 Å². The molecule has 0 bridgehead atoms. The number of nitro benzene ring substituents is 1. The normalized spacial score (nSPS) is 11.7. The van der Waals surface area contributed by atoms with Crippen molar-refractivity contribution in [3.05, 3.63) is 34.4 Å². The van der Waals surface area contributed by atoms with Crippen molar-refractivity contribution >= 4 is 11.6 Å². The predicted octanol–water partition coefficient (Wildman–Crippen LogP) is -0.557. The molecule has 1 atom stereocenters. The fraction of sp³-hybridized carbons (Fsp3) is 0.364. The molecule has 0 aliphatic carbocycles. The van der Waals surface area contributed by atoms with Crippen LogP contribution in [0.1, 0.15) is 0 Å². The van der Waals surface area contributed by atoms with E-state index in [0.29, 0.717) is 0 Å². The van der Waals surface area contributed by atoms with E-state index in [1.54, 1.807) is 0 Å². The van der Waals surface area contributed by atoms with Crippen molar-refractivity contribution in [1.82, 2.24) is 5.32 Å². The molecule has 0 aliphatic heterocycles. The predicted molar refractivity (Wildman–Crippen MR) is 64.7 cm³/mol. The number of aliphatic hydroxyl groups excluding tert-OH is 2. The highest BCUT2D eigenvalue weighted by molar-refractivity contribution is 5.77. The maximum absolute atomic E-state index is 11.3. The van der Waals surface area contributed by atoms with E-state index in [0.717, 1.165) is 0 Å². The molecule has 3 N–H and O–H groups in total. The number of nitro groups is 1. The molecule has 104 valence electrons. The minimum atomic E-state index is -1.03. The van der Waals surface area contributed by atoms with E-state index in [4.69, 9.17) is 14.9 Å². The Morgan fingerprint density at radius 1 is 1.53 bits per heavy atom. The average Bonchev–Trinajstić information content (AvgIpc) is 2.42. The first-order valence-corrected chi connectivity index (χ1v) is 5.46. The summed E-state index contributed by atoms with van der Waals surface area (Å²) in [4.78, 5) is 21.2. The first-order valence-electron chi connectivity index (χ1n) is 5.46. The number of amides is 1. The third-order valence-corrected chi connectivity index (χ3v) is 2.14. The first-order chi connectivity index (χ1) is 9.02.